The summed E-state index contributed by atoms with van der Waals surface area (Å²) in [5, 5.41) is 14.8. The predicted octanol–water partition coefficient (Wildman–Crippen LogP) is 2.84. The minimum atomic E-state index is -0.879. The minimum Gasteiger partial charge on any atom is -0.504 e. The molecule has 1 aliphatic carbocycles. The maximum atomic E-state index is 11.8. The first-order valence-electron chi connectivity index (χ1n) is 6.83. The van der Waals surface area contributed by atoms with Crippen molar-refractivity contribution in [2.75, 3.05) is 0 Å². The van der Waals surface area contributed by atoms with Gasteiger partial charge in [-0.1, -0.05) is 42.5 Å². The van der Waals surface area contributed by atoms with E-state index in [1.165, 1.54) is 0 Å². The van der Waals surface area contributed by atoms with Crippen LogP contribution in [0.5, 0.6) is 5.75 Å². The number of allylic oxidation sites excluding steroid dienone is 4. The Labute approximate surface area is 123 Å². The summed E-state index contributed by atoms with van der Waals surface area (Å²) >= 11 is 0. The van der Waals surface area contributed by atoms with Gasteiger partial charge in [0, 0.05) is 0 Å². The van der Waals surface area contributed by atoms with Gasteiger partial charge in [-0.15, -0.1) is 0 Å². The van der Waals surface area contributed by atoms with Gasteiger partial charge in [0.05, 0.1) is 11.1 Å². The molecular weight excluding hydrogens is 264 g/mol. The highest BCUT2D eigenvalue weighted by Gasteiger charge is 2.37. The standard InChI is InChI=1S/C17H16N2O2/c1-13-15(21)16(17(12-20)10-6-3-7-11-17)19(18-13)14-8-4-2-5-9-14/h2-10,12,21H,11H2,1H3. The van der Waals surface area contributed by atoms with Crippen LogP contribution >= 0.6 is 0 Å². The van der Waals surface area contributed by atoms with Crippen LogP contribution in [0.1, 0.15) is 17.8 Å². The Morgan fingerprint density at radius 2 is 2.05 bits per heavy atom. The van der Waals surface area contributed by atoms with E-state index >= 15 is 0 Å². The zero-order valence-corrected chi connectivity index (χ0v) is 11.7. The molecule has 1 aromatic heterocycles. The Hall–Kier alpha value is -2.62. The van der Waals surface area contributed by atoms with E-state index in [9.17, 15) is 9.90 Å². The van der Waals surface area contributed by atoms with E-state index in [0.29, 0.717) is 17.8 Å². The molecule has 1 aliphatic rings. The molecule has 2 aromatic rings. The maximum absolute atomic E-state index is 11.8. The lowest BCUT2D eigenvalue weighted by Crippen LogP contribution is -2.29. The first-order chi connectivity index (χ1) is 10.2. The molecule has 1 unspecified atom stereocenters. The van der Waals surface area contributed by atoms with Gasteiger partial charge in [-0.05, 0) is 25.5 Å². The lowest BCUT2D eigenvalue weighted by molar-refractivity contribution is -0.111. The summed E-state index contributed by atoms with van der Waals surface area (Å²) < 4.78 is 1.66. The fraction of sp³-hybridized carbons (Fsp3) is 0.176. The highest BCUT2D eigenvalue weighted by Crippen LogP contribution is 2.39. The second kappa shape index (κ2) is 5.05. The van der Waals surface area contributed by atoms with Gasteiger partial charge in [-0.3, -0.25) is 0 Å². The Morgan fingerprint density at radius 3 is 2.67 bits per heavy atom. The van der Waals surface area contributed by atoms with E-state index in [1.54, 1.807) is 11.6 Å². The molecule has 0 radical (unpaired) electrons. The third-order valence-corrected chi connectivity index (χ3v) is 3.78. The molecule has 0 saturated carbocycles. The summed E-state index contributed by atoms with van der Waals surface area (Å²) in [5.74, 6) is 0.0749. The average molecular weight is 280 g/mol. The van der Waals surface area contributed by atoms with Crippen molar-refractivity contribution in [3.05, 3.63) is 66.0 Å². The molecule has 4 nitrogen and oxygen atoms in total. The number of aldehydes is 1. The molecule has 0 spiro atoms. The fourth-order valence-corrected chi connectivity index (χ4v) is 2.65. The van der Waals surface area contributed by atoms with Crippen molar-refractivity contribution >= 4 is 6.29 Å². The quantitative estimate of drug-likeness (QED) is 0.880. The number of aromatic nitrogens is 2. The second-order valence-electron chi connectivity index (χ2n) is 5.18. The number of nitrogens with zero attached hydrogens (tertiary/aromatic N) is 2. The van der Waals surface area contributed by atoms with Crippen LogP contribution in [0.25, 0.3) is 5.69 Å². The Kier molecular flexibility index (Phi) is 3.22. The summed E-state index contributed by atoms with van der Waals surface area (Å²) in [6, 6.07) is 9.51. The van der Waals surface area contributed by atoms with Crippen molar-refractivity contribution in [2.24, 2.45) is 0 Å². The first-order valence-corrected chi connectivity index (χ1v) is 6.83. The number of benzene rings is 1. The fourth-order valence-electron chi connectivity index (χ4n) is 2.65. The number of carbonyl (C=O) groups is 1. The van der Waals surface area contributed by atoms with Gasteiger partial charge in [-0.2, -0.15) is 5.10 Å². The number of carbonyl (C=O) groups excluding carboxylic acids is 1. The van der Waals surface area contributed by atoms with E-state index in [2.05, 4.69) is 5.10 Å². The molecule has 4 heteroatoms. The van der Waals surface area contributed by atoms with Crippen molar-refractivity contribution in [1.29, 1.82) is 0 Å². The van der Waals surface area contributed by atoms with Crippen LogP contribution in [0.4, 0.5) is 0 Å². The van der Waals surface area contributed by atoms with Crippen molar-refractivity contribution in [3.63, 3.8) is 0 Å². The van der Waals surface area contributed by atoms with Crippen molar-refractivity contribution in [2.45, 2.75) is 18.8 Å². The van der Waals surface area contributed by atoms with Gasteiger partial charge in [0.2, 0.25) is 0 Å². The average Bonchev–Trinajstić information content (AvgIpc) is 2.85. The molecule has 106 valence electrons. The van der Waals surface area contributed by atoms with Gasteiger partial charge in [0.15, 0.2) is 5.75 Å². The smallest absolute Gasteiger partial charge is 0.161 e. The summed E-state index contributed by atoms with van der Waals surface area (Å²) in [6.45, 7) is 1.74. The molecule has 3 rings (SSSR count). The highest BCUT2D eigenvalue weighted by atomic mass is 16.3. The third kappa shape index (κ3) is 2.09. The molecule has 0 aliphatic heterocycles. The van der Waals surface area contributed by atoms with Crippen LogP contribution in [0.3, 0.4) is 0 Å². The van der Waals surface area contributed by atoms with Crippen molar-refractivity contribution in [1.82, 2.24) is 9.78 Å². The number of hydrogen-bond donors (Lipinski definition) is 1. The van der Waals surface area contributed by atoms with Gasteiger partial charge in [0.1, 0.15) is 17.7 Å². The third-order valence-electron chi connectivity index (χ3n) is 3.78. The normalized spacial score (nSPS) is 20.6. The summed E-state index contributed by atoms with van der Waals surface area (Å²) in [5.41, 5.74) is 0.968. The van der Waals surface area contributed by atoms with Crippen LogP contribution in [0, 0.1) is 6.92 Å². The monoisotopic (exact) mass is 280 g/mol. The van der Waals surface area contributed by atoms with Crippen LogP contribution in [-0.4, -0.2) is 21.2 Å². The number of aryl methyl sites for hydroxylation is 1. The van der Waals surface area contributed by atoms with Crippen molar-refractivity contribution in [3.8, 4) is 11.4 Å². The molecule has 0 fully saturated rings. The molecule has 1 aromatic carbocycles. The van der Waals surface area contributed by atoms with E-state index in [1.807, 2.05) is 54.6 Å². The lowest BCUT2D eigenvalue weighted by Gasteiger charge is -2.26. The first kappa shape index (κ1) is 13.4. The molecule has 1 heterocycles. The van der Waals surface area contributed by atoms with E-state index in [4.69, 9.17) is 0 Å². The number of rotatable bonds is 3. The van der Waals surface area contributed by atoms with E-state index < -0.39 is 5.41 Å². The second-order valence-corrected chi connectivity index (χ2v) is 5.18. The summed E-state index contributed by atoms with van der Waals surface area (Å²) in [4.78, 5) is 11.8. The van der Waals surface area contributed by atoms with Gasteiger partial charge < -0.3 is 9.90 Å². The summed E-state index contributed by atoms with van der Waals surface area (Å²) in [6.07, 6.45) is 8.85. The SMILES string of the molecule is Cc1nn(-c2ccccc2)c(C2(C=O)C=CC=CC2)c1O. The molecule has 1 atom stereocenters. The van der Waals surface area contributed by atoms with E-state index in [0.717, 1.165) is 12.0 Å². The minimum absolute atomic E-state index is 0.0749. The van der Waals surface area contributed by atoms with Gasteiger partial charge >= 0.3 is 0 Å². The molecule has 1 N–H and O–H groups in total. The predicted molar refractivity (Wildman–Crippen MR) is 80.6 cm³/mol. The number of aromatic hydroxyl groups is 1. The van der Waals surface area contributed by atoms with Crippen LogP contribution < -0.4 is 0 Å². The Bertz CT molecular complexity index is 729. The molecule has 0 bridgehead atoms. The van der Waals surface area contributed by atoms with E-state index in [-0.39, 0.29) is 5.75 Å². The van der Waals surface area contributed by atoms with Gasteiger partial charge in [-0.25, -0.2) is 4.68 Å². The zero-order valence-electron chi connectivity index (χ0n) is 11.7. The van der Waals surface area contributed by atoms with Crippen molar-refractivity contribution < 1.29 is 9.90 Å². The molecular formula is C17H16N2O2. The maximum Gasteiger partial charge on any atom is 0.161 e. The topological polar surface area (TPSA) is 55.1 Å². The van der Waals surface area contributed by atoms with Gasteiger partial charge in [0.25, 0.3) is 0 Å². The largest absolute Gasteiger partial charge is 0.504 e. The number of para-hydroxylation sites is 1. The molecule has 0 saturated heterocycles. The van der Waals surface area contributed by atoms with Crippen LogP contribution in [0.15, 0.2) is 54.6 Å². The molecule has 21 heavy (non-hydrogen) atoms. The highest BCUT2D eigenvalue weighted by molar-refractivity contribution is 5.75. The molecule has 0 amide bonds. The zero-order chi connectivity index (χ0) is 14.9. The Balaban J connectivity index is 2.25. The number of hydrogen-bond acceptors (Lipinski definition) is 3. The summed E-state index contributed by atoms with van der Waals surface area (Å²) in [7, 11) is 0. The van der Waals surface area contributed by atoms with Crippen LogP contribution in [-0.2, 0) is 10.2 Å². The van der Waals surface area contributed by atoms with Crippen LogP contribution in [0.2, 0.25) is 0 Å². The lowest BCUT2D eigenvalue weighted by atomic mass is 9.79. The Morgan fingerprint density at radius 1 is 1.29 bits per heavy atom.